The van der Waals surface area contributed by atoms with Crippen LogP contribution in [0.4, 0.5) is 11.4 Å². The Morgan fingerprint density at radius 3 is 2.71 bits per heavy atom. The molecule has 2 N–H and O–H groups in total. The summed E-state index contributed by atoms with van der Waals surface area (Å²) in [5.41, 5.74) is 1.71. The van der Waals surface area contributed by atoms with Crippen LogP contribution in [0.25, 0.3) is 0 Å². The Labute approximate surface area is 128 Å². The highest BCUT2D eigenvalue weighted by atomic mass is 32.1. The summed E-state index contributed by atoms with van der Waals surface area (Å²) in [5, 5.41) is 15.0. The van der Waals surface area contributed by atoms with E-state index in [2.05, 4.69) is 16.7 Å². The first-order valence-electron chi connectivity index (χ1n) is 6.72. The first kappa shape index (κ1) is 15.1. The van der Waals surface area contributed by atoms with Crippen LogP contribution in [-0.2, 0) is 11.3 Å². The summed E-state index contributed by atoms with van der Waals surface area (Å²) in [7, 11) is 0. The van der Waals surface area contributed by atoms with E-state index in [1.54, 1.807) is 0 Å². The van der Waals surface area contributed by atoms with Gasteiger partial charge in [0.25, 0.3) is 0 Å². The van der Waals surface area contributed by atoms with Crippen molar-refractivity contribution >= 4 is 28.6 Å². The number of amides is 1. The summed E-state index contributed by atoms with van der Waals surface area (Å²) in [6.07, 6.45) is 0. The molecule has 0 aliphatic heterocycles. The van der Waals surface area contributed by atoms with E-state index in [-0.39, 0.29) is 11.8 Å². The molecule has 1 aromatic carbocycles. The van der Waals surface area contributed by atoms with Crippen molar-refractivity contribution in [1.82, 2.24) is 0 Å². The molecule has 0 aliphatic carbocycles. The molecule has 0 saturated heterocycles. The van der Waals surface area contributed by atoms with Crippen molar-refractivity contribution in [2.24, 2.45) is 5.92 Å². The monoisotopic (exact) mass is 299 g/mol. The second-order valence-corrected chi connectivity index (χ2v) is 6.12. The molecule has 1 aromatic heterocycles. The molecule has 108 valence electrons. The number of hydrogen-bond donors (Lipinski definition) is 2. The van der Waals surface area contributed by atoms with E-state index in [1.165, 1.54) is 11.3 Å². The van der Waals surface area contributed by atoms with Gasteiger partial charge in [-0.3, -0.25) is 4.79 Å². The maximum absolute atomic E-state index is 11.7. The van der Waals surface area contributed by atoms with Crippen LogP contribution in [0.2, 0.25) is 0 Å². The minimum Gasteiger partial charge on any atom is -0.380 e. The zero-order valence-corrected chi connectivity index (χ0v) is 12.8. The predicted octanol–water partition coefficient (Wildman–Crippen LogP) is 3.83. The Morgan fingerprint density at radius 1 is 1.29 bits per heavy atom. The Morgan fingerprint density at radius 2 is 2.05 bits per heavy atom. The van der Waals surface area contributed by atoms with E-state index in [4.69, 9.17) is 5.26 Å². The summed E-state index contributed by atoms with van der Waals surface area (Å²) < 4.78 is 0. The molecule has 0 bridgehead atoms. The summed E-state index contributed by atoms with van der Waals surface area (Å²) in [6.45, 7) is 4.38. The number of hydrogen-bond acceptors (Lipinski definition) is 4. The van der Waals surface area contributed by atoms with Crippen LogP contribution in [-0.4, -0.2) is 5.91 Å². The van der Waals surface area contributed by atoms with Gasteiger partial charge in [-0.2, -0.15) is 5.26 Å². The molecular formula is C16H17N3OS. The molecule has 1 heterocycles. The van der Waals surface area contributed by atoms with Gasteiger partial charge < -0.3 is 10.6 Å². The SMILES string of the molecule is CC(C)C(=O)Nc1cccc(NCc2ccc(C#N)s2)c1. The third-order valence-electron chi connectivity index (χ3n) is 2.89. The highest BCUT2D eigenvalue weighted by Crippen LogP contribution is 2.19. The van der Waals surface area contributed by atoms with E-state index in [0.717, 1.165) is 16.3 Å². The number of anilines is 2. The molecular weight excluding hydrogens is 282 g/mol. The summed E-state index contributed by atoms with van der Waals surface area (Å²) >= 11 is 1.48. The van der Waals surface area contributed by atoms with Crippen molar-refractivity contribution in [2.75, 3.05) is 10.6 Å². The van der Waals surface area contributed by atoms with Gasteiger partial charge in [-0.15, -0.1) is 11.3 Å². The smallest absolute Gasteiger partial charge is 0.226 e. The maximum Gasteiger partial charge on any atom is 0.226 e. The minimum atomic E-state index is -0.0443. The largest absolute Gasteiger partial charge is 0.380 e. The first-order chi connectivity index (χ1) is 10.1. The normalized spacial score (nSPS) is 10.2. The zero-order valence-electron chi connectivity index (χ0n) is 12.0. The van der Waals surface area contributed by atoms with Crippen molar-refractivity contribution in [3.05, 3.63) is 46.2 Å². The molecule has 1 amide bonds. The average molecular weight is 299 g/mol. The number of benzene rings is 1. The number of carbonyl (C=O) groups is 1. The van der Waals surface area contributed by atoms with E-state index >= 15 is 0 Å². The van der Waals surface area contributed by atoms with Gasteiger partial charge in [0.05, 0.1) is 0 Å². The average Bonchev–Trinajstić information content (AvgIpc) is 2.93. The van der Waals surface area contributed by atoms with Gasteiger partial charge in [0.2, 0.25) is 5.91 Å². The highest BCUT2D eigenvalue weighted by Gasteiger charge is 2.07. The maximum atomic E-state index is 11.7. The van der Waals surface area contributed by atoms with Crippen LogP contribution in [0.5, 0.6) is 0 Å². The molecule has 5 heteroatoms. The van der Waals surface area contributed by atoms with Gasteiger partial charge in [0, 0.05) is 28.7 Å². The minimum absolute atomic E-state index is 0.00377. The Bertz CT molecular complexity index is 670. The molecule has 2 aromatic rings. The second-order valence-electron chi connectivity index (χ2n) is 4.96. The molecule has 0 radical (unpaired) electrons. The number of nitrogens with one attached hydrogen (secondary N) is 2. The fourth-order valence-electron chi connectivity index (χ4n) is 1.72. The van der Waals surface area contributed by atoms with Gasteiger partial charge in [-0.1, -0.05) is 19.9 Å². The van der Waals surface area contributed by atoms with E-state index in [9.17, 15) is 4.79 Å². The number of rotatable bonds is 5. The molecule has 0 atom stereocenters. The Hall–Kier alpha value is -2.32. The summed E-state index contributed by atoms with van der Waals surface area (Å²) in [4.78, 5) is 13.5. The first-order valence-corrected chi connectivity index (χ1v) is 7.54. The molecule has 0 fully saturated rings. The zero-order chi connectivity index (χ0) is 15.2. The third-order valence-corrected chi connectivity index (χ3v) is 3.88. The molecule has 0 spiro atoms. The van der Waals surface area contributed by atoms with Crippen molar-refractivity contribution in [2.45, 2.75) is 20.4 Å². The van der Waals surface area contributed by atoms with Gasteiger partial charge in [-0.05, 0) is 30.3 Å². The number of thiophene rings is 1. The summed E-state index contributed by atoms with van der Waals surface area (Å²) in [6, 6.07) is 13.5. The molecule has 4 nitrogen and oxygen atoms in total. The van der Waals surface area contributed by atoms with E-state index in [1.807, 2.05) is 50.2 Å². The van der Waals surface area contributed by atoms with Crippen molar-refractivity contribution < 1.29 is 4.79 Å². The van der Waals surface area contributed by atoms with Gasteiger partial charge in [-0.25, -0.2) is 0 Å². The second kappa shape index (κ2) is 6.91. The summed E-state index contributed by atoms with van der Waals surface area (Å²) in [5.74, 6) is -0.0406. The fraction of sp³-hybridized carbons (Fsp3) is 0.250. The van der Waals surface area contributed by atoms with Gasteiger partial charge in [0.15, 0.2) is 0 Å². The molecule has 0 aliphatic rings. The standard InChI is InChI=1S/C16H17N3OS/c1-11(2)16(20)19-13-5-3-4-12(8-13)18-10-15-7-6-14(9-17)21-15/h3-8,11,18H,10H2,1-2H3,(H,19,20). The van der Waals surface area contributed by atoms with E-state index < -0.39 is 0 Å². The van der Waals surface area contributed by atoms with Crippen LogP contribution >= 0.6 is 11.3 Å². The lowest BCUT2D eigenvalue weighted by Crippen LogP contribution is -2.17. The van der Waals surface area contributed by atoms with Crippen LogP contribution < -0.4 is 10.6 Å². The van der Waals surface area contributed by atoms with Crippen LogP contribution in [0.15, 0.2) is 36.4 Å². The van der Waals surface area contributed by atoms with Crippen LogP contribution in [0.3, 0.4) is 0 Å². The molecule has 2 rings (SSSR count). The molecule has 0 saturated carbocycles. The lowest BCUT2D eigenvalue weighted by molar-refractivity contribution is -0.118. The van der Waals surface area contributed by atoms with Crippen molar-refractivity contribution in [1.29, 1.82) is 5.26 Å². The van der Waals surface area contributed by atoms with E-state index in [0.29, 0.717) is 11.4 Å². The lowest BCUT2D eigenvalue weighted by atomic mass is 10.2. The van der Waals surface area contributed by atoms with Crippen molar-refractivity contribution in [3.8, 4) is 6.07 Å². The fourth-order valence-corrected chi connectivity index (χ4v) is 2.46. The lowest BCUT2D eigenvalue weighted by Gasteiger charge is -2.10. The number of carbonyl (C=O) groups excluding carboxylic acids is 1. The number of nitriles is 1. The molecule has 0 unspecified atom stereocenters. The molecule has 21 heavy (non-hydrogen) atoms. The predicted molar refractivity (Wildman–Crippen MR) is 86.3 cm³/mol. The van der Waals surface area contributed by atoms with Crippen LogP contribution in [0, 0.1) is 17.2 Å². The van der Waals surface area contributed by atoms with Gasteiger partial charge in [0.1, 0.15) is 10.9 Å². The Kier molecular flexibility index (Phi) is 4.96. The highest BCUT2D eigenvalue weighted by molar-refractivity contribution is 7.12. The quantitative estimate of drug-likeness (QED) is 0.882. The van der Waals surface area contributed by atoms with Gasteiger partial charge >= 0.3 is 0 Å². The van der Waals surface area contributed by atoms with Crippen molar-refractivity contribution in [3.63, 3.8) is 0 Å². The number of nitrogens with zero attached hydrogens (tertiary/aromatic N) is 1. The van der Waals surface area contributed by atoms with Crippen LogP contribution in [0.1, 0.15) is 23.6 Å². The topological polar surface area (TPSA) is 64.9 Å². The Balaban J connectivity index is 1.98. The third kappa shape index (κ3) is 4.33.